The minimum absolute atomic E-state index is 0.250. The van der Waals surface area contributed by atoms with Crippen LogP contribution in [0.15, 0.2) is 24.8 Å². The maximum atomic E-state index is 6.04. The molecule has 0 aliphatic heterocycles. The van der Waals surface area contributed by atoms with E-state index in [9.17, 15) is 0 Å². The van der Waals surface area contributed by atoms with Crippen molar-refractivity contribution in [1.29, 1.82) is 0 Å². The van der Waals surface area contributed by atoms with Gasteiger partial charge in [-0.1, -0.05) is 25.1 Å². The van der Waals surface area contributed by atoms with Gasteiger partial charge in [-0.3, -0.25) is 0 Å². The number of benzene rings is 1. The number of rotatable bonds is 10. The van der Waals surface area contributed by atoms with E-state index in [-0.39, 0.29) is 6.04 Å². The molecule has 0 saturated carbocycles. The summed E-state index contributed by atoms with van der Waals surface area (Å²) in [5.41, 5.74) is 9.80. The van der Waals surface area contributed by atoms with Crippen LogP contribution in [0.3, 0.4) is 0 Å². The standard InChI is InChI=1S/C19H31NO/c1-5-7-8-9-10-11-21-19-15(3)12-17(13-16(19)4)14-18(20)6-2/h5,12-13,18H,1,6-11,14,20H2,2-4H3. The lowest BCUT2D eigenvalue weighted by Crippen LogP contribution is -2.21. The summed E-state index contributed by atoms with van der Waals surface area (Å²) in [6, 6.07) is 4.69. The molecule has 118 valence electrons. The number of unbranched alkanes of at least 4 members (excludes halogenated alkanes) is 3. The number of ether oxygens (including phenoxy) is 1. The van der Waals surface area contributed by atoms with Crippen molar-refractivity contribution in [3.8, 4) is 5.75 Å². The van der Waals surface area contributed by atoms with Crippen molar-refractivity contribution in [3.05, 3.63) is 41.5 Å². The number of hydrogen-bond donors (Lipinski definition) is 1. The summed E-state index contributed by atoms with van der Waals surface area (Å²) in [4.78, 5) is 0. The maximum Gasteiger partial charge on any atom is 0.125 e. The van der Waals surface area contributed by atoms with Crippen molar-refractivity contribution >= 4 is 0 Å². The summed E-state index contributed by atoms with van der Waals surface area (Å²) in [6.07, 6.45) is 8.56. The predicted molar refractivity (Wildman–Crippen MR) is 92.0 cm³/mol. The summed E-state index contributed by atoms with van der Waals surface area (Å²) in [7, 11) is 0. The topological polar surface area (TPSA) is 35.2 Å². The van der Waals surface area contributed by atoms with Crippen LogP contribution in [0.25, 0.3) is 0 Å². The minimum Gasteiger partial charge on any atom is -0.493 e. The Balaban J connectivity index is 2.53. The van der Waals surface area contributed by atoms with E-state index in [1.807, 2.05) is 6.08 Å². The Morgan fingerprint density at radius 1 is 1.19 bits per heavy atom. The fourth-order valence-corrected chi connectivity index (χ4v) is 2.57. The highest BCUT2D eigenvalue weighted by atomic mass is 16.5. The second-order valence-corrected chi connectivity index (χ2v) is 5.92. The van der Waals surface area contributed by atoms with Gasteiger partial charge in [0.2, 0.25) is 0 Å². The van der Waals surface area contributed by atoms with Gasteiger partial charge >= 0.3 is 0 Å². The van der Waals surface area contributed by atoms with E-state index in [1.54, 1.807) is 0 Å². The predicted octanol–water partition coefficient (Wildman–Crippen LogP) is 4.71. The number of hydrogen-bond acceptors (Lipinski definition) is 2. The van der Waals surface area contributed by atoms with E-state index in [1.165, 1.54) is 29.5 Å². The zero-order valence-corrected chi connectivity index (χ0v) is 14.0. The monoisotopic (exact) mass is 289 g/mol. The normalized spacial score (nSPS) is 12.2. The molecule has 2 N–H and O–H groups in total. The molecule has 0 aliphatic carbocycles. The Hall–Kier alpha value is -1.28. The van der Waals surface area contributed by atoms with Crippen LogP contribution in [0.2, 0.25) is 0 Å². The van der Waals surface area contributed by atoms with Crippen molar-refractivity contribution in [3.63, 3.8) is 0 Å². The molecule has 0 aliphatic rings. The fourth-order valence-electron chi connectivity index (χ4n) is 2.57. The molecule has 1 aromatic carbocycles. The highest BCUT2D eigenvalue weighted by molar-refractivity contribution is 5.43. The maximum absolute atomic E-state index is 6.04. The molecule has 0 heterocycles. The third-order valence-electron chi connectivity index (χ3n) is 3.84. The zero-order valence-electron chi connectivity index (χ0n) is 14.0. The summed E-state index contributed by atoms with van der Waals surface area (Å²) in [5, 5.41) is 0. The third kappa shape index (κ3) is 6.34. The third-order valence-corrected chi connectivity index (χ3v) is 3.84. The van der Waals surface area contributed by atoms with Crippen LogP contribution >= 0.6 is 0 Å². The number of aryl methyl sites for hydroxylation is 2. The van der Waals surface area contributed by atoms with Crippen molar-refractivity contribution in [1.82, 2.24) is 0 Å². The summed E-state index contributed by atoms with van der Waals surface area (Å²) in [6.45, 7) is 10.9. The van der Waals surface area contributed by atoms with Gasteiger partial charge in [0, 0.05) is 6.04 Å². The molecule has 1 rings (SSSR count). The lowest BCUT2D eigenvalue weighted by Gasteiger charge is -2.15. The first-order chi connectivity index (χ1) is 10.1. The van der Waals surface area contributed by atoms with Gasteiger partial charge < -0.3 is 10.5 Å². The van der Waals surface area contributed by atoms with Gasteiger partial charge in [0.1, 0.15) is 5.75 Å². The van der Waals surface area contributed by atoms with Crippen molar-refractivity contribution < 1.29 is 4.74 Å². The van der Waals surface area contributed by atoms with E-state index >= 15 is 0 Å². The summed E-state index contributed by atoms with van der Waals surface area (Å²) in [5.74, 6) is 1.05. The van der Waals surface area contributed by atoms with E-state index in [2.05, 4.69) is 39.5 Å². The van der Waals surface area contributed by atoms with Gasteiger partial charge in [0.25, 0.3) is 0 Å². The molecule has 1 aromatic rings. The second kappa shape index (κ2) is 9.62. The number of allylic oxidation sites excluding steroid dienone is 1. The quantitative estimate of drug-likeness (QED) is 0.500. The summed E-state index contributed by atoms with van der Waals surface area (Å²) >= 11 is 0. The average Bonchev–Trinajstić information content (AvgIpc) is 2.44. The SMILES string of the molecule is C=CCCCCCOc1c(C)cc(CC(N)CC)cc1C. The van der Waals surface area contributed by atoms with Gasteiger partial charge in [-0.15, -0.1) is 6.58 Å². The lowest BCUT2D eigenvalue weighted by atomic mass is 9.99. The van der Waals surface area contributed by atoms with Crippen LogP contribution in [-0.4, -0.2) is 12.6 Å². The van der Waals surface area contributed by atoms with Crippen molar-refractivity contribution in [2.75, 3.05) is 6.61 Å². The average molecular weight is 289 g/mol. The van der Waals surface area contributed by atoms with Crippen LogP contribution in [0.5, 0.6) is 5.75 Å². The largest absolute Gasteiger partial charge is 0.493 e. The molecule has 2 nitrogen and oxygen atoms in total. The Morgan fingerprint density at radius 2 is 1.86 bits per heavy atom. The highest BCUT2D eigenvalue weighted by Gasteiger charge is 2.08. The van der Waals surface area contributed by atoms with Gasteiger partial charge in [0.05, 0.1) is 6.61 Å². The van der Waals surface area contributed by atoms with Gasteiger partial charge in [-0.2, -0.15) is 0 Å². The zero-order chi connectivity index (χ0) is 15.7. The molecule has 1 atom stereocenters. The van der Waals surface area contributed by atoms with Crippen LogP contribution in [0, 0.1) is 13.8 Å². The van der Waals surface area contributed by atoms with Gasteiger partial charge in [0.15, 0.2) is 0 Å². The Morgan fingerprint density at radius 3 is 2.43 bits per heavy atom. The molecule has 0 amide bonds. The van der Waals surface area contributed by atoms with E-state index in [4.69, 9.17) is 10.5 Å². The van der Waals surface area contributed by atoms with Crippen LogP contribution < -0.4 is 10.5 Å². The molecule has 0 saturated heterocycles. The lowest BCUT2D eigenvalue weighted by molar-refractivity contribution is 0.301. The Labute approximate surface area is 130 Å². The first kappa shape index (κ1) is 17.8. The Kier molecular flexibility index (Phi) is 8.14. The van der Waals surface area contributed by atoms with Gasteiger partial charge in [-0.25, -0.2) is 0 Å². The molecule has 0 spiro atoms. The van der Waals surface area contributed by atoms with Crippen LogP contribution in [0.1, 0.15) is 55.7 Å². The molecule has 0 bridgehead atoms. The molecule has 0 fully saturated rings. The highest BCUT2D eigenvalue weighted by Crippen LogP contribution is 2.25. The van der Waals surface area contributed by atoms with Crippen LogP contribution in [0.4, 0.5) is 0 Å². The molecule has 21 heavy (non-hydrogen) atoms. The molecule has 0 radical (unpaired) electrons. The van der Waals surface area contributed by atoms with Crippen molar-refractivity contribution in [2.24, 2.45) is 5.73 Å². The first-order valence-corrected chi connectivity index (χ1v) is 8.17. The molecule has 0 aromatic heterocycles. The number of nitrogens with two attached hydrogens (primary N) is 1. The van der Waals surface area contributed by atoms with Crippen molar-refractivity contribution in [2.45, 2.75) is 65.3 Å². The molecular weight excluding hydrogens is 258 g/mol. The molecule has 1 unspecified atom stereocenters. The Bertz CT molecular complexity index is 416. The van der Waals surface area contributed by atoms with Crippen LogP contribution in [-0.2, 0) is 6.42 Å². The smallest absolute Gasteiger partial charge is 0.125 e. The van der Waals surface area contributed by atoms with E-state index in [0.717, 1.165) is 38.0 Å². The summed E-state index contributed by atoms with van der Waals surface area (Å²) < 4.78 is 5.98. The molecule has 2 heteroatoms. The minimum atomic E-state index is 0.250. The van der Waals surface area contributed by atoms with E-state index < -0.39 is 0 Å². The first-order valence-electron chi connectivity index (χ1n) is 8.17. The molecular formula is C19H31NO. The van der Waals surface area contributed by atoms with E-state index in [0.29, 0.717) is 0 Å². The fraction of sp³-hybridized carbons (Fsp3) is 0.579. The second-order valence-electron chi connectivity index (χ2n) is 5.92. The van der Waals surface area contributed by atoms with Gasteiger partial charge in [-0.05, 0) is 69.1 Å².